The highest BCUT2D eigenvalue weighted by Crippen LogP contribution is 2.32. The van der Waals surface area contributed by atoms with Crippen molar-refractivity contribution in [1.82, 2.24) is 4.31 Å². The van der Waals surface area contributed by atoms with Gasteiger partial charge in [-0.3, -0.25) is 10.1 Å². The standard InChI is InChI=1S/C13H19N3O4S/c1-3-14-11-4-5-12(16(17)18)13(8-11)21(19,20)15-7-6-10(2)9-15/h4-5,8,10,14H,3,6-7,9H2,1-2H3. The summed E-state index contributed by atoms with van der Waals surface area (Å²) in [6, 6.07) is 4.11. The van der Waals surface area contributed by atoms with Gasteiger partial charge in [-0.2, -0.15) is 4.31 Å². The van der Waals surface area contributed by atoms with Crippen LogP contribution in [0, 0.1) is 16.0 Å². The Labute approximate surface area is 124 Å². The number of hydrogen-bond acceptors (Lipinski definition) is 5. The van der Waals surface area contributed by atoms with Gasteiger partial charge in [-0.05, 0) is 31.4 Å². The Morgan fingerprint density at radius 1 is 1.48 bits per heavy atom. The molecular formula is C13H19N3O4S. The van der Waals surface area contributed by atoms with Gasteiger partial charge in [0.25, 0.3) is 5.69 Å². The summed E-state index contributed by atoms with van der Waals surface area (Å²) in [5.74, 6) is 0.274. The molecule has 0 aliphatic carbocycles. The van der Waals surface area contributed by atoms with E-state index in [1.807, 2.05) is 13.8 Å². The van der Waals surface area contributed by atoms with Crippen molar-refractivity contribution in [1.29, 1.82) is 0 Å². The predicted molar refractivity (Wildman–Crippen MR) is 79.8 cm³/mol. The Morgan fingerprint density at radius 2 is 2.19 bits per heavy atom. The Hall–Kier alpha value is -1.67. The molecule has 0 radical (unpaired) electrons. The van der Waals surface area contributed by atoms with E-state index in [1.165, 1.54) is 22.5 Å². The first-order valence-electron chi connectivity index (χ1n) is 6.88. The van der Waals surface area contributed by atoms with Crippen LogP contribution < -0.4 is 5.32 Å². The molecular weight excluding hydrogens is 294 g/mol. The van der Waals surface area contributed by atoms with Crippen LogP contribution in [0.1, 0.15) is 20.3 Å². The van der Waals surface area contributed by atoms with Gasteiger partial charge >= 0.3 is 0 Å². The largest absolute Gasteiger partial charge is 0.385 e. The fraction of sp³-hybridized carbons (Fsp3) is 0.538. The molecule has 1 aromatic carbocycles. The molecule has 1 aromatic rings. The van der Waals surface area contributed by atoms with Crippen molar-refractivity contribution in [3.63, 3.8) is 0 Å². The van der Waals surface area contributed by atoms with Gasteiger partial charge in [0.1, 0.15) is 0 Å². The minimum atomic E-state index is -3.84. The number of nitro benzene ring substituents is 1. The van der Waals surface area contributed by atoms with E-state index in [1.54, 1.807) is 0 Å². The topological polar surface area (TPSA) is 92.5 Å². The summed E-state index contributed by atoms with van der Waals surface area (Å²) in [5.41, 5.74) is 0.185. The summed E-state index contributed by atoms with van der Waals surface area (Å²) in [6.07, 6.45) is 0.778. The van der Waals surface area contributed by atoms with Crippen LogP contribution in [-0.2, 0) is 10.0 Å². The number of nitro groups is 1. The molecule has 1 fully saturated rings. The zero-order chi connectivity index (χ0) is 15.6. The van der Waals surface area contributed by atoms with E-state index in [0.717, 1.165) is 6.42 Å². The molecule has 1 aliphatic rings. The van der Waals surface area contributed by atoms with Crippen molar-refractivity contribution in [3.05, 3.63) is 28.3 Å². The fourth-order valence-electron chi connectivity index (χ4n) is 2.44. The van der Waals surface area contributed by atoms with Crippen molar-refractivity contribution in [3.8, 4) is 0 Å². The highest BCUT2D eigenvalue weighted by Gasteiger charge is 2.35. The number of benzene rings is 1. The van der Waals surface area contributed by atoms with Crippen LogP contribution in [0.3, 0.4) is 0 Å². The van der Waals surface area contributed by atoms with Gasteiger partial charge in [0.15, 0.2) is 4.90 Å². The highest BCUT2D eigenvalue weighted by atomic mass is 32.2. The van der Waals surface area contributed by atoms with Crippen LogP contribution in [0.2, 0.25) is 0 Å². The number of anilines is 1. The molecule has 1 atom stereocenters. The van der Waals surface area contributed by atoms with Gasteiger partial charge in [-0.15, -0.1) is 0 Å². The third-order valence-electron chi connectivity index (χ3n) is 3.54. The van der Waals surface area contributed by atoms with Crippen LogP contribution >= 0.6 is 0 Å². The molecule has 8 heteroatoms. The van der Waals surface area contributed by atoms with E-state index in [4.69, 9.17) is 0 Å². The van der Waals surface area contributed by atoms with Crippen molar-refractivity contribution in [2.75, 3.05) is 25.0 Å². The summed E-state index contributed by atoms with van der Waals surface area (Å²) >= 11 is 0. The quantitative estimate of drug-likeness (QED) is 0.663. The second-order valence-corrected chi connectivity index (χ2v) is 7.13. The Morgan fingerprint density at radius 3 is 2.71 bits per heavy atom. The average Bonchev–Trinajstić information content (AvgIpc) is 2.86. The summed E-state index contributed by atoms with van der Waals surface area (Å²) in [6.45, 7) is 5.27. The average molecular weight is 313 g/mol. The molecule has 0 spiro atoms. The maximum atomic E-state index is 12.7. The second kappa shape index (κ2) is 5.98. The van der Waals surface area contributed by atoms with Gasteiger partial charge in [0.05, 0.1) is 4.92 Å². The number of nitrogens with zero attached hydrogens (tertiary/aromatic N) is 2. The van der Waals surface area contributed by atoms with Gasteiger partial charge in [-0.1, -0.05) is 6.92 Å². The summed E-state index contributed by atoms with van der Waals surface area (Å²) in [7, 11) is -3.84. The van der Waals surface area contributed by atoms with Crippen LogP contribution in [0.4, 0.5) is 11.4 Å². The van der Waals surface area contributed by atoms with E-state index in [9.17, 15) is 18.5 Å². The Balaban J connectivity index is 2.49. The minimum Gasteiger partial charge on any atom is -0.385 e. The molecule has 0 saturated carbocycles. The fourth-order valence-corrected chi connectivity index (χ4v) is 4.20. The lowest BCUT2D eigenvalue weighted by Crippen LogP contribution is -2.29. The third-order valence-corrected chi connectivity index (χ3v) is 5.44. The summed E-state index contributed by atoms with van der Waals surface area (Å²) in [4.78, 5) is 10.2. The van der Waals surface area contributed by atoms with Crippen molar-refractivity contribution >= 4 is 21.4 Å². The molecule has 0 amide bonds. The van der Waals surface area contributed by atoms with Gasteiger partial charge in [0.2, 0.25) is 10.0 Å². The van der Waals surface area contributed by atoms with Crippen molar-refractivity contribution < 1.29 is 13.3 Å². The predicted octanol–water partition coefficient (Wildman–Crippen LogP) is 2.06. The molecule has 2 rings (SSSR count). The zero-order valence-corrected chi connectivity index (χ0v) is 12.9. The number of hydrogen-bond donors (Lipinski definition) is 1. The molecule has 1 heterocycles. The number of rotatable bonds is 5. The van der Waals surface area contributed by atoms with E-state index in [-0.39, 0.29) is 16.5 Å². The molecule has 1 N–H and O–H groups in total. The lowest BCUT2D eigenvalue weighted by Gasteiger charge is -2.16. The minimum absolute atomic E-state index is 0.236. The highest BCUT2D eigenvalue weighted by molar-refractivity contribution is 7.89. The van der Waals surface area contributed by atoms with Crippen LogP contribution in [-0.4, -0.2) is 37.3 Å². The van der Waals surface area contributed by atoms with E-state index < -0.39 is 14.9 Å². The monoisotopic (exact) mass is 313 g/mol. The van der Waals surface area contributed by atoms with Gasteiger partial charge in [-0.25, -0.2) is 8.42 Å². The van der Waals surface area contributed by atoms with Crippen LogP contribution in [0.25, 0.3) is 0 Å². The van der Waals surface area contributed by atoms with Crippen molar-refractivity contribution in [2.45, 2.75) is 25.2 Å². The normalized spacial score (nSPS) is 19.6. The van der Waals surface area contributed by atoms with E-state index >= 15 is 0 Å². The molecule has 1 saturated heterocycles. The van der Waals surface area contributed by atoms with E-state index in [2.05, 4.69) is 5.32 Å². The molecule has 21 heavy (non-hydrogen) atoms. The summed E-state index contributed by atoms with van der Waals surface area (Å²) in [5, 5.41) is 14.1. The van der Waals surface area contributed by atoms with Gasteiger partial charge in [0, 0.05) is 31.4 Å². The van der Waals surface area contributed by atoms with Gasteiger partial charge < -0.3 is 5.32 Å². The molecule has 1 aliphatic heterocycles. The molecule has 7 nitrogen and oxygen atoms in total. The smallest absolute Gasteiger partial charge is 0.289 e. The first-order valence-corrected chi connectivity index (χ1v) is 8.32. The molecule has 116 valence electrons. The Kier molecular flexibility index (Phi) is 4.48. The van der Waals surface area contributed by atoms with Crippen molar-refractivity contribution in [2.24, 2.45) is 5.92 Å². The number of nitrogens with one attached hydrogen (secondary N) is 1. The SMILES string of the molecule is CCNc1ccc([N+](=O)[O-])c(S(=O)(=O)N2CCC(C)C2)c1. The van der Waals surface area contributed by atoms with Crippen LogP contribution in [0.15, 0.2) is 23.1 Å². The first-order chi connectivity index (χ1) is 9.86. The second-order valence-electron chi connectivity index (χ2n) is 5.23. The molecule has 0 aromatic heterocycles. The molecule has 1 unspecified atom stereocenters. The maximum absolute atomic E-state index is 12.7. The van der Waals surface area contributed by atoms with E-state index in [0.29, 0.717) is 25.3 Å². The Bertz CT molecular complexity index is 645. The first kappa shape index (κ1) is 15.7. The lowest BCUT2D eigenvalue weighted by molar-refractivity contribution is -0.387. The van der Waals surface area contributed by atoms with Crippen LogP contribution in [0.5, 0.6) is 0 Å². The number of sulfonamides is 1. The maximum Gasteiger partial charge on any atom is 0.289 e. The summed E-state index contributed by atoms with van der Waals surface area (Å²) < 4.78 is 26.6. The third kappa shape index (κ3) is 3.16. The zero-order valence-electron chi connectivity index (χ0n) is 12.1. The molecule has 0 bridgehead atoms. The lowest BCUT2D eigenvalue weighted by atomic mass is 10.2.